The van der Waals surface area contributed by atoms with Crippen LogP contribution in [-0.2, 0) is 10.0 Å². The van der Waals surface area contributed by atoms with Gasteiger partial charge >= 0.3 is 0 Å². The number of aliphatic hydroxyl groups excluding tert-OH is 1. The van der Waals surface area contributed by atoms with E-state index in [-0.39, 0.29) is 24.9 Å². The number of ether oxygens (including phenoxy) is 2. The third kappa shape index (κ3) is 5.56. The Balaban J connectivity index is 1.97. The summed E-state index contributed by atoms with van der Waals surface area (Å²) in [5.74, 6) is 0.844. The van der Waals surface area contributed by atoms with Gasteiger partial charge in [-0.25, -0.2) is 18.4 Å². The number of benzene rings is 2. The highest BCUT2D eigenvalue weighted by atomic mass is 32.2. The second-order valence-corrected chi connectivity index (χ2v) is 7.63. The first-order chi connectivity index (χ1) is 14.5. The van der Waals surface area contributed by atoms with E-state index in [1.54, 1.807) is 43.5 Å². The highest BCUT2D eigenvalue weighted by Crippen LogP contribution is 2.35. The first kappa shape index (κ1) is 21.3. The van der Waals surface area contributed by atoms with Gasteiger partial charge in [0, 0.05) is 0 Å². The second kappa shape index (κ2) is 9.86. The first-order valence-electron chi connectivity index (χ1n) is 9.01. The van der Waals surface area contributed by atoms with Gasteiger partial charge in [0.15, 0.2) is 5.82 Å². The Morgan fingerprint density at radius 1 is 1.07 bits per heavy atom. The van der Waals surface area contributed by atoms with Gasteiger partial charge in [0.2, 0.25) is 5.88 Å². The molecule has 0 radical (unpaired) electrons. The van der Waals surface area contributed by atoms with Crippen molar-refractivity contribution in [1.82, 2.24) is 9.97 Å². The van der Waals surface area contributed by atoms with Crippen LogP contribution >= 0.6 is 0 Å². The van der Waals surface area contributed by atoms with E-state index in [2.05, 4.69) is 14.7 Å². The molecule has 0 spiro atoms. The summed E-state index contributed by atoms with van der Waals surface area (Å²) in [5, 5.41) is 10.2. The molecular formula is C21H21N3O5S. The Kier molecular flexibility index (Phi) is 6.99. The van der Waals surface area contributed by atoms with Gasteiger partial charge in [0.1, 0.15) is 18.7 Å². The highest BCUT2D eigenvalue weighted by Gasteiger charge is 2.19. The molecule has 3 aromatic rings. The molecule has 0 atom stereocenters. The van der Waals surface area contributed by atoms with Gasteiger partial charge in [-0.3, -0.25) is 4.72 Å². The van der Waals surface area contributed by atoms with Gasteiger partial charge in [0.05, 0.1) is 24.7 Å². The van der Waals surface area contributed by atoms with Crippen LogP contribution in [0.25, 0.3) is 17.2 Å². The molecule has 0 unspecified atom stereocenters. The summed E-state index contributed by atoms with van der Waals surface area (Å²) in [7, 11) is -2.31. The van der Waals surface area contributed by atoms with Crippen LogP contribution in [0.3, 0.4) is 0 Å². The number of anilines is 1. The van der Waals surface area contributed by atoms with Crippen LogP contribution in [-0.4, -0.2) is 43.8 Å². The van der Waals surface area contributed by atoms with Crippen molar-refractivity contribution in [3.8, 4) is 22.8 Å². The zero-order valence-electron chi connectivity index (χ0n) is 16.2. The Hall–Kier alpha value is -3.43. The van der Waals surface area contributed by atoms with Crippen molar-refractivity contribution < 1.29 is 23.0 Å². The highest BCUT2D eigenvalue weighted by molar-refractivity contribution is 7.95. The quantitative estimate of drug-likeness (QED) is 0.540. The summed E-state index contributed by atoms with van der Waals surface area (Å²) < 4.78 is 38.4. The smallest absolute Gasteiger partial charge is 0.256 e. The van der Waals surface area contributed by atoms with Gasteiger partial charge in [0.25, 0.3) is 10.0 Å². The molecule has 30 heavy (non-hydrogen) atoms. The fraction of sp³-hybridized carbons (Fsp3) is 0.143. The average Bonchev–Trinajstić information content (AvgIpc) is 2.77. The minimum absolute atomic E-state index is 0.000266. The fourth-order valence-corrected chi connectivity index (χ4v) is 3.45. The van der Waals surface area contributed by atoms with Crippen LogP contribution in [0.2, 0.25) is 0 Å². The maximum atomic E-state index is 12.6. The summed E-state index contributed by atoms with van der Waals surface area (Å²) >= 11 is 0. The molecule has 1 aromatic heterocycles. The molecule has 3 rings (SSSR count). The number of hydrogen-bond acceptors (Lipinski definition) is 7. The number of methoxy groups -OCH3 is 1. The number of hydrogen-bond donors (Lipinski definition) is 2. The van der Waals surface area contributed by atoms with Crippen LogP contribution < -0.4 is 14.2 Å². The van der Waals surface area contributed by atoms with E-state index in [4.69, 9.17) is 14.6 Å². The van der Waals surface area contributed by atoms with Crippen LogP contribution in [0.1, 0.15) is 5.56 Å². The van der Waals surface area contributed by atoms with E-state index in [1.165, 1.54) is 12.4 Å². The van der Waals surface area contributed by atoms with Crippen molar-refractivity contribution in [1.29, 1.82) is 0 Å². The lowest BCUT2D eigenvalue weighted by molar-refractivity contribution is 0.197. The van der Waals surface area contributed by atoms with Gasteiger partial charge in [-0.2, -0.15) is 0 Å². The Morgan fingerprint density at radius 3 is 2.47 bits per heavy atom. The molecule has 0 aliphatic heterocycles. The predicted molar refractivity (Wildman–Crippen MR) is 115 cm³/mol. The van der Waals surface area contributed by atoms with Crippen molar-refractivity contribution in [2.45, 2.75) is 0 Å². The maximum Gasteiger partial charge on any atom is 0.256 e. The molecule has 0 bridgehead atoms. The molecule has 0 amide bonds. The molecule has 0 aliphatic carbocycles. The van der Waals surface area contributed by atoms with Gasteiger partial charge < -0.3 is 14.6 Å². The third-order valence-electron chi connectivity index (χ3n) is 4.00. The zero-order chi connectivity index (χ0) is 21.4. The third-order valence-corrected chi connectivity index (χ3v) is 4.97. The van der Waals surface area contributed by atoms with Crippen LogP contribution in [0.15, 0.2) is 66.3 Å². The molecule has 0 aliphatic rings. The van der Waals surface area contributed by atoms with E-state index in [1.807, 2.05) is 18.2 Å². The van der Waals surface area contributed by atoms with Crippen molar-refractivity contribution in [3.63, 3.8) is 0 Å². The molecule has 2 aromatic carbocycles. The summed E-state index contributed by atoms with van der Waals surface area (Å²) in [6, 6.07) is 16.0. The van der Waals surface area contributed by atoms with E-state index < -0.39 is 10.0 Å². The summed E-state index contributed by atoms with van der Waals surface area (Å²) in [6.07, 6.45) is 2.68. The minimum Gasteiger partial charge on any atom is -0.497 e. The fourth-order valence-electron chi connectivity index (χ4n) is 2.62. The van der Waals surface area contributed by atoms with Crippen molar-refractivity contribution in [2.24, 2.45) is 0 Å². The lowest BCUT2D eigenvalue weighted by Crippen LogP contribution is -2.13. The molecular weight excluding hydrogens is 406 g/mol. The monoisotopic (exact) mass is 427 g/mol. The average molecular weight is 427 g/mol. The first-order valence-corrected chi connectivity index (χ1v) is 10.6. The molecule has 9 heteroatoms. The van der Waals surface area contributed by atoms with Crippen LogP contribution in [0, 0.1) is 0 Å². The van der Waals surface area contributed by atoms with E-state index in [0.717, 1.165) is 11.0 Å². The normalized spacial score (nSPS) is 11.4. The predicted octanol–water partition coefficient (Wildman–Crippen LogP) is 2.94. The molecule has 0 saturated carbocycles. The largest absolute Gasteiger partial charge is 0.497 e. The SMILES string of the molecule is COc1ccc(-c2c(NS(=O)(=O)C=Cc3ccccc3)ncnc2OCCO)cc1. The number of rotatable bonds is 9. The topological polar surface area (TPSA) is 111 Å². The van der Waals surface area contributed by atoms with Gasteiger partial charge in [-0.1, -0.05) is 42.5 Å². The van der Waals surface area contributed by atoms with E-state index in [9.17, 15) is 8.42 Å². The van der Waals surface area contributed by atoms with Crippen molar-refractivity contribution in [2.75, 3.05) is 25.0 Å². The summed E-state index contributed by atoms with van der Waals surface area (Å²) in [6.45, 7) is -0.215. The van der Waals surface area contributed by atoms with E-state index >= 15 is 0 Å². The van der Waals surface area contributed by atoms with Crippen LogP contribution in [0.5, 0.6) is 11.6 Å². The number of nitrogens with one attached hydrogen (secondary N) is 1. The second-order valence-electron chi connectivity index (χ2n) is 6.06. The van der Waals surface area contributed by atoms with Crippen molar-refractivity contribution >= 4 is 21.9 Å². The van der Waals surface area contributed by atoms with Gasteiger partial charge in [-0.05, 0) is 29.3 Å². The lowest BCUT2D eigenvalue weighted by atomic mass is 10.1. The Labute approximate surface area is 174 Å². The summed E-state index contributed by atoms with van der Waals surface area (Å²) in [5.41, 5.74) is 1.72. The Bertz CT molecular complexity index is 1100. The molecule has 0 fully saturated rings. The molecule has 156 valence electrons. The zero-order valence-corrected chi connectivity index (χ0v) is 17.0. The number of aromatic nitrogens is 2. The molecule has 0 saturated heterocycles. The van der Waals surface area contributed by atoms with Crippen molar-refractivity contribution in [3.05, 3.63) is 71.9 Å². The molecule has 1 heterocycles. The van der Waals surface area contributed by atoms with E-state index in [0.29, 0.717) is 16.9 Å². The molecule has 2 N–H and O–H groups in total. The standard InChI is InChI=1S/C21H21N3O5S/c1-28-18-9-7-17(8-10-18)19-20(22-15-23-21(19)29-13-12-25)24-30(26,27)14-11-16-5-3-2-4-6-16/h2-11,14-15,25H,12-13H2,1H3,(H,22,23,24). The molecule has 8 nitrogen and oxygen atoms in total. The number of nitrogens with zero attached hydrogens (tertiary/aromatic N) is 2. The van der Waals surface area contributed by atoms with Gasteiger partial charge in [-0.15, -0.1) is 0 Å². The number of sulfonamides is 1. The lowest BCUT2D eigenvalue weighted by Gasteiger charge is -2.14. The number of aliphatic hydroxyl groups is 1. The van der Waals surface area contributed by atoms with Crippen LogP contribution in [0.4, 0.5) is 5.82 Å². The minimum atomic E-state index is -3.86. The maximum absolute atomic E-state index is 12.6. The summed E-state index contributed by atoms with van der Waals surface area (Å²) in [4.78, 5) is 8.19. The Morgan fingerprint density at radius 2 is 1.80 bits per heavy atom.